The van der Waals surface area contributed by atoms with Crippen LogP contribution in [0, 0.1) is 0 Å². The number of guanidine groups is 1. The Balaban J connectivity index is 1.59. The van der Waals surface area contributed by atoms with Crippen LogP contribution in [0.2, 0.25) is 0 Å². The summed E-state index contributed by atoms with van der Waals surface area (Å²) < 4.78 is 65.1. The number of nitrogens with one attached hydrogen (secondary N) is 2. The molecule has 2 N–H and O–H groups in total. The maximum absolute atomic E-state index is 12.7. The lowest BCUT2D eigenvalue weighted by Gasteiger charge is -2.15. The molecule has 1 heterocycles. The van der Waals surface area contributed by atoms with Crippen LogP contribution in [-0.2, 0) is 16.4 Å². The number of halogens is 2. The SMILES string of the molecule is CN=C(NCCS(=O)(=O)c1ccccc1)NCc1cc2c(cc1OC(F)F)OCO2. The molecule has 8 nitrogen and oxygen atoms in total. The van der Waals surface area contributed by atoms with Crippen molar-refractivity contribution in [1.82, 2.24) is 10.6 Å². The Morgan fingerprint density at radius 2 is 1.87 bits per heavy atom. The zero-order valence-corrected chi connectivity index (χ0v) is 16.9. The second kappa shape index (κ2) is 9.61. The van der Waals surface area contributed by atoms with Crippen LogP contribution >= 0.6 is 0 Å². The number of aliphatic imine (C=N–C) groups is 1. The first-order valence-corrected chi connectivity index (χ1v) is 10.6. The Morgan fingerprint density at radius 1 is 1.17 bits per heavy atom. The first-order chi connectivity index (χ1) is 14.4. The highest BCUT2D eigenvalue weighted by atomic mass is 32.2. The normalized spacial score (nSPS) is 13.4. The zero-order chi connectivity index (χ0) is 21.6. The summed E-state index contributed by atoms with van der Waals surface area (Å²) in [7, 11) is -1.93. The Labute approximate surface area is 172 Å². The first-order valence-electron chi connectivity index (χ1n) is 8.98. The monoisotopic (exact) mass is 441 g/mol. The van der Waals surface area contributed by atoms with Crippen molar-refractivity contribution in [2.75, 3.05) is 26.1 Å². The van der Waals surface area contributed by atoms with Gasteiger partial charge in [-0.1, -0.05) is 18.2 Å². The Hall–Kier alpha value is -3.08. The zero-order valence-electron chi connectivity index (χ0n) is 16.1. The van der Waals surface area contributed by atoms with Gasteiger partial charge in [-0.2, -0.15) is 8.78 Å². The van der Waals surface area contributed by atoms with E-state index >= 15 is 0 Å². The fourth-order valence-electron chi connectivity index (χ4n) is 2.76. The predicted molar refractivity (Wildman–Crippen MR) is 106 cm³/mol. The minimum absolute atomic E-state index is 0.000550. The van der Waals surface area contributed by atoms with E-state index in [2.05, 4.69) is 20.4 Å². The van der Waals surface area contributed by atoms with E-state index < -0.39 is 16.4 Å². The number of fused-ring (bicyclic) bond motifs is 1. The lowest BCUT2D eigenvalue weighted by Crippen LogP contribution is -2.39. The van der Waals surface area contributed by atoms with Crippen LogP contribution in [-0.4, -0.2) is 47.1 Å². The second-order valence-electron chi connectivity index (χ2n) is 6.18. The van der Waals surface area contributed by atoms with Gasteiger partial charge in [0.25, 0.3) is 0 Å². The topological polar surface area (TPSA) is 98.3 Å². The molecule has 0 unspecified atom stereocenters. The molecule has 2 aromatic carbocycles. The van der Waals surface area contributed by atoms with Gasteiger partial charge in [0.1, 0.15) is 5.75 Å². The molecule has 0 amide bonds. The number of hydrogen-bond acceptors (Lipinski definition) is 6. The molecule has 0 saturated carbocycles. The third-order valence-electron chi connectivity index (χ3n) is 4.21. The maximum atomic E-state index is 12.7. The molecule has 0 radical (unpaired) electrons. The predicted octanol–water partition coefficient (Wildman–Crippen LogP) is 2.16. The Kier molecular flexibility index (Phi) is 6.93. The lowest BCUT2D eigenvalue weighted by molar-refractivity contribution is -0.0505. The molecule has 0 aromatic heterocycles. The number of alkyl halides is 2. The van der Waals surface area contributed by atoms with Gasteiger partial charge in [-0.05, 0) is 18.2 Å². The van der Waals surface area contributed by atoms with E-state index in [0.29, 0.717) is 23.0 Å². The van der Waals surface area contributed by atoms with Gasteiger partial charge < -0.3 is 24.8 Å². The van der Waals surface area contributed by atoms with Gasteiger partial charge in [0.2, 0.25) is 6.79 Å². The molecule has 1 aliphatic heterocycles. The maximum Gasteiger partial charge on any atom is 0.387 e. The van der Waals surface area contributed by atoms with E-state index in [4.69, 9.17) is 9.47 Å². The quantitative estimate of drug-likeness (QED) is 0.479. The van der Waals surface area contributed by atoms with E-state index in [1.807, 2.05) is 0 Å². The van der Waals surface area contributed by atoms with Crippen molar-refractivity contribution in [2.24, 2.45) is 4.99 Å². The lowest BCUT2D eigenvalue weighted by atomic mass is 10.1. The van der Waals surface area contributed by atoms with Gasteiger partial charge in [0.05, 0.1) is 10.6 Å². The van der Waals surface area contributed by atoms with Gasteiger partial charge in [-0.3, -0.25) is 4.99 Å². The van der Waals surface area contributed by atoms with Crippen LogP contribution < -0.4 is 24.8 Å². The van der Waals surface area contributed by atoms with E-state index in [-0.39, 0.29) is 36.3 Å². The first kappa shape index (κ1) is 21.6. The molecule has 0 spiro atoms. The number of hydrogen-bond donors (Lipinski definition) is 2. The molecule has 3 rings (SSSR count). The Morgan fingerprint density at radius 3 is 2.53 bits per heavy atom. The summed E-state index contributed by atoms with van der Waals surface area (Å²) >= 11 is 0. The standard InChI is InChI=1S/C19H21F2N3O5S/c1-22-19(23-7-8-30(25,26)14-5-3-2-4-6-14)24-11-13-9-16-17(28-12-27-16)10-15(13)29-18(20)21/h2-6,9-10,18H,7-8,11-12H2,1H3,(H2,22,23,24). The molecular weight excluding hydrogens is 420 g/mol. The van der Waals surface area contributed by atoms with E-state index in [0.717, 1.165) is 0 Å². The average Bonchev–Trinajstić information content (AvgIpc) is 3.17. The van der Waals surface area contributed by atoms with E-state index in [1.54, 1.807) is 24.3 Å². The van der Waals surface area contributed by atoms with Gasteiger partial charge in [0.15, 0.2) is 27.3 Å². The van der Waals surface area contributed by atoms with E-state index in [1.165, 1.54) is 25.2 Å². The Bertz CT molecular complexity index is 1000. The van der Waals surface area contributed by atoms with Crippen molar-refractivity contribution in [3.63, 3.8) is 0 Å². The van der Waals surface area contributed by atoms with Crippen molar-refractivity contribution in [2.45, 2.75) is 18.1 Å². The summed E-state index contributed by atoms with van der Waals surface area (Å²) in [4.78, 5) is 4.25. The van der Waals surface area contributed by atoms with Crippen LogP contribution in [0.1, 0.15) is 5.56 Å². The highest BCUT2D eigenvalue weighted by Crippen LogP contribution is 2.38. The third kappa shape index (κ3) is 5.50. The van der Waals surface area contributed by atoms with Crippen molar-refractivity contribution in [3.05, 3.63) is 48.0 Å². The van der Waals surface area contributed by atoms with Crippen molar-refractivity contribution >= 4 is 15.8 Å². The minimum atomic E-state index is -3.44. The number of rotatable bonds is 8. The smallest absolute Gasteiger partial charge is 0.387 e. The summed E-state index contributed by atoms with van der Waals surface area (Å²) in [5, 5.41) is 5.83. The number of sulfone groups is 1. The molecule has 11 heteroatoms. The van der Waals surface area contributed by atoms with Crippen LogP contribution in [0.5, 0.6) is 17.2 Å². The van der Waals surface area contributed by atoms with Crippen molar-refractivity contribution in [3.8, 4) is 17.2 Å². The highest BCUT2D eigenvalue weighted by molar-refractivity contribution is 7.91. The number of ether oxygens (including phenoxy) is 3. The van der Waals surface area contributed by atoms with Gasteiger partial charge >= 0.3 is 6.61 Å². The molecule has 2 aromatic rings. The number of benzene rings is 2. The van der Waals surface area contributed by atoms with Crippen LogP contribution in [0.3, 0.4) is 0 Å². The second-order valence-corrected chi connectivity index (χ2v) is 8.29. The molecule has 0 atom stereocenters. The van der Waals surface area contributed by atoms with Gasteiger partial charge in [-0.15, -0.1) is 0 Å². The summed E-state index contributed by atoms with van der Waals surface area (Å²) in [6, 6.07) is 11.0. The largest absolute Gasteiger partial charge is 0.454 e. The van der Waals surface area contributed by atoms with Crippen molar-refractivity contribution in [1.29, 1.82) is 0 Å². The fourth-order valence-corrected chi connectivity index (χ4v) is 3.94. The highest BCUT2D eigenvalue weighted by Gasteiger charge is 2.20. The summed E-state index contributed by atoms with van der Waals surface area (Å²) in [6.07, 6.45) is 0. The average molecular weight is 441 g/mol. The molecule has 162 valence electrons. The number of nitrogens with zero attached hydrogens (tertiary/aromatic N) is 1. The molecule has 0 bridgehead atoms. The van der Waals surface area contributed by atoms with E-state index in [9.17, 15) is 17.2 Å². The minimum Gasteiger partial charge on any atom is -0.454 e. The molecule has 1 aliphatic rings. The third-order valence-corrected chi connectivity index (χ3v) is 5.94. The molecule has 30 heavy (non-hydrogen) atoms. The van der Waals surface area contributed by atoms with Crippen LogP contribution in [0.4, 0.5) is 8.78 Å². The van der Waals surface area contributed by atoms with Crippen LogP contribution in [0.25, 0.3) is 0 Å². The summed E-state index contributed by atoms with van der Waals surface area (Å²) in [5.41, 5.74) is 0.402. The molecule has 0 aliphatic carbocycles. The molecule has 0 saturated heterocycles. The van der Waals surface area contributed by atoms with Crippen molar-refractivity contribution < 1.29 is 31.4 Å². The van der Waals surface area contributed by atoms with Gasteiger partial charge in [-0.25, -0.2) is 8.42 Å². The summed E-state index contributed by atoms with van der Waals surface area (Å²) in [5.74, 6) is 0.859. The molecule has 0 fully saturated rings. The van der Waals surface area contributed by atoms with Crippen LogP contribution in [0.15, 0.2) is 52.4 Å². The summed E-state index contributed by atoms with van der Waals surface area (Å²) in [6.45, 7) is -2.80. The molecular formula is C19H21F2N3O5S. The fraction of sp³-hybridized carbons (Fsp3) is 0.316. The van der Waals surface area contributed by atoms with Gasteiger partial charge in [0, 0.05) is 31.8 Å².